The van der Waals surface area contributed by atoms with E-state index in [-0.39, 0.29) is 6.10 Å². The summed E-state index contributed by atoms with van der Waals surface area (Å²) >= 11 is 0. The predicted molar refractivity (Wildman–Crippen MR) is 84.2 cm³/mol. The Labute approximate surface area is 123 Å². The van der Waals surface area contributed by atoms with Gasteiger partial charge in [0.2, 0.25) is 0 Å². The molecule has 1 aromatic heterocycles. The van der Waals surface area contributed by atoms with E-state index in [4.69, 9.17) is 4.74 Å². The Morgan fingerprint density at radius 2 is 1.95 bits per heavy atom. The van der Waals surface area contributed by atoms with Crippen LogP contribution in [0.3, 0.4) is 0 Å². The molecule has 1 fully saturated rings. The minimum absolute atomic E-state index is 0.173. The Kier molecular flexibility index (Phi) is 5.27. The lowest BCUT2D eigenvalue weighted by molar-refractivity contribution is 0.237. The minimum Gasteiger partial charge on any atom is -0.487 e. The van der Waals surface area contributed by atoms with E-state index in [0.29, 0.717) is 12.0 Å². The van der Waals surface area contributed by atoms with Gasteiger partial charge in [-0.15, -0.1) is 0 Å². The van der Waals surface area contributed by atoms with Crippen molar-refractivity contribution in [3.05, 3.63) is 18.3 Å². The lowest BCUT2D eigenvalue weighted by Gasteiger charge is -2.35. The molecule has 1 saturated carbocycles. The second-order valence-corrected chi connectivity index (χ2v) is 6.46. The van der Waals surface area contributed by atoms with E-state index in [2.05, 4.69) is 24.1 Å². The van der Waals surface area contributed by atoms with E-state index in [0.717, 1.165) is 17.5 Å². The maximum Gasteiger partial charge on any atom is 0.168 e. The van der Waals surface area contributed by atoms with Crippen LogP contribution >= 0.6 is 0 Å². The first-order chi connectivity index (χ1) is 9.58. The summed E-state index contributed by atoms with van der Waals surface area (Å²) in [5, 5.41) is 3.65. The molecule has 2 rings (SSSR count). The molecule has 3 nitrogen and oxygen atoms in total. The number of pyridine rings is 1. The molecule has 1 N–H and O–H groups in total. The maximum absolute atomic E-state index is 5.86. The van der Waals surface area contributed by atoms with E-state index < -0.39 is 0 Å². The monoisotopic (exact) mass is 276 g/mol. The summed E-state index contributed by atoms with van der Waals surface area (Å²) in [5.74, 6) is 3.22. The van der Waals surface area contributed by atoms with Crippen LogP contribution in [-0.4, -0.2) is 17.1 Å². The third-order valence-corrected chi connectivity index (χ3v) is 4.13. The van der Waals surface area contributed by atoms with Crippen molar-refractivity contribution in [3.63, 3.8) is 0 Å². The quantitative estimate of drug-likeness (QED) is 0.860. The van der Waals surface area contributed by atoms with Gasteiger partial charge >= 0.3 is 0 Å². The minimum atomic E-state index is 0.173. The highest BCUT2D eigenvalue weighted by atomic mass is 16.5. The van der Waals surface area contributed by atoms with Crippen LogP contribution < -0.4 is 10.1 Å². The molecule has 20 heavy (non-hydrogen) atoms. The van der Waals surface area contributed by atoms with Gasteiger partial charge < -0.3 is 10.1 Å². The topological polar surface area (TPSA) is 34.1 Å². The fourth-order valence-corrected chi connectivity index (χ4v) is 3.16. The molecule has 112 valence electrons. The zero-order valence-electron chi connectivity index (χ0n) is 13.2. The smallest absolute Gasteiger partial charge is 0.168 e. The highest BCUT2D eigenvalue weighted by Crippen LogP contribution is 2.33. The summed E-state index contributed by atoms with van der Waals surface area (Å²) in [6.45, 7) is 8.76. The number of rotatable bonds is 5. The van der Waals surface area contributed by atoms with Gasteiger partial charge in [0.15, 0.2) is 11.6 Å². The number of hydrogen-bond donors (Lipinski definition) is 1. The summed E-state index contributed by atoms with van der Waals surface area (Å²) < 4.78 is 5.86. The highest BCUT2D eigenvalue weighted by Gasteiger charge is 2.28. The molecule has 1 aromatic rings. The third kappa shape index (κ3) is 3.87. The van der Waals surface area contributed by atoms with E-state index in [1.807, 2.05) is 32.2 Å². The van der Waals surface area contributed by atoms with Crippen LogP contribution in [0.5, 0.6) is 5.75 Å². The van der Waals surface area contributed by atoms with Gasteiger partial charge in [0.1, 0.15) is 0 Å². The van der Waals surface area contributed by atoms with Crippen molar-refractivity contribution in [1.29, 1.82) is 0 Å². The predicted octanol–water partition coefficient (Wildman–Crippen LogP) is 4.50. The summed E-state index contributed by atoms with van der Waals surface area (Å²) in [4.78, 5) is 4.48. The summed E-state index contributed by atoms with van der Waals surface area (Å²) in [5.41, 5.74) is 0. The molecule has 1 heterocycles. The van der Waals surface area contributed by atoms with Crippen LogP contribution in [0.4, 0.5) is 5.82 Å². The molecule has 0 bridgehead atoms. The Bertz CT molecular complexity index is 417. The van der Waals surface area contributed by atoms with Crippen molar-refractivity contribution >= 4 is 5.82 Å². The molecule has 0 aliphatic heterocycles. The van der Waals surface area contributed by atoms with E-state index in [1.54, 1.807) is 0 Å². The van der Waals surface area contributed by atoms with Crippen molar-refractivity contribution in [1.82, 2.24) is 4.98 Å². The summed E-state index contributed by atoms with van der Waals surface area (Å²) in [6, 6.07) is 4.46. The SMILES string of the molecule is CC(C)Oc1cccnc1NC1CCCCC1C(C)C. The van der Waals surface area contributed by atoms with Crippen LogP contribution in [0.1, 0.15) is 53.4 Å². The van der Waals surface area contributed by atoms with Crippen molar-refractivity contribution in [3.8, 4) is 5.75 Å². The number of anilines is 1. The molecule has 0 spiro atoms. The highest BCUT2D eigenvalue weighted by molar-refractivity contribution is 5.50. The molecule has 2 unspecified atom stereocenters. The van der Waals surface area contributed by atoms with Crippen LogP contribution in [0, 0.1) is 11.8 Å². The van der Waals surface area contributed by atoms with Gasteiger partial charge in [0.05, 0.1) is 6.10 Å². The largest absolute Gasteiger partial charge is 0.487 e. The Balaban J connectivity index is 2.11. The summed E-state index contributed by atoms with van der Waals surface area (Å²) in [6.07, 6.45) is 7.24. The van der Waals surface area contributed by atoms with Gasteiger partial charge in [-0.3, -0.25) is 0 Å². The lowest BCUT2D eigenvalue weighted by Crippen LogP contribution is -2.35. The number of ether oxygens (including phenoxy) is 1. The van der Waals surface area contributed by atoms with Crippen LogP contribution in [0.2, 0.25) is 0 Å². The Morgan fingerprint density at radius 1 is 1.20 bits per heavy atom. The third-order valence-electron chi connectivity index (χ3n) is 4.13. The van der Waals surface area contributed by atoms with Gasteiger partial charge in [-0.25, -0.2) is 4.98 Å². The fraction of sp³-hybridized carbons (Fsp3) is 0.706. The van der Waals surface area contributed by atoms with Crippen molar-refractivity contribution in [2.75, 3.05) is 5.32 Å². The average Bonchev–Trinajstić information content (AvgIpc) is 2.41. The molecule has 2 atom stereocenters. The van der Waals surface area contributed by atoms with Gasteiger partial charge in [0.25, 0.3) is 0 Å². The Hall–Kier alpha value is -1.25. The van der Waals surface area contributed by atoms with Crippen molar-refractivity contribution < 1.29 is 4.74 Å². The van der Waals surface area contributed by atoms with Gasteiger partial charge in [-0.2, -0.15) is 0 Å². The van der Waals surface area contributed by atoms with E-state index in [1.165, 1.54) is 25.7 Å². The maximum atomic E-state index is 5.86. The van der Waals surface area contributed by atoms with Crippen molar-refractivity contribution in [2.24, 2.45) is 11.8 Å². The van der Waals surface area contributed by atoms with Crippen LogP contribution in [-0.2, 0) is 0 Å². The number of hydrogen-bond acceptors (Lipinski definition) is 3. The molecule has 0 saturated heterocycles. The van der Waals surface area contributed by atoms with Gasteiger partial charge in [0, 0.05) is 12.2 Å². The molecule has 1 aliphatic carbocycles. The zero-order valence-corrected chi connectivity index (χ0v) is 13.2. The number of nitrogens with zero attached hydrogens (tertiary/aromatic N) is 1. The van der Waals surface area contributed by atoms with Gasteiger partial charge in [-0.1, -0.05) is 26.7 Å². The first kappa shape index (κ1) is 15.1. The first-order valence-corrected chi connectivity index (χ1v) is 7.96. The number of aromatic nitrogens is 1. The zero-order chi connectivity index (χ0) is 14.5. The fourth-order valence-electron chi connectivity index (χ4n) is 3.16. The molecule has 0 amide bonds. The second kappa shape index (κ2) is 6.96. The van der Waals surface area contributed by atoms with Crippen molar-refractivity contribution in [2.45, 2.75) is 65.5 Å². The van der Waals surface area contributed by atoms with E-state index in [9.17, 15) is 0 Å². The van der Waals surface area contributed by atoms with Crippen LogP contribution in [0.15, 0.2) is 18.3 Å². The first-order valence-electron chi connectivity index (χ1n) is 7.96. The second-order valence-electron chi connectivity index (χ2n) is 6.46. The lowest BCUT2D eigenvalue weighted by atomic mass is 9.78. The number of nitrogens with one attached hydrogen (secondary N) is 1. The average molecular weight is 276 g/mol. The standard InChI is InChI=1S/C17H28N2O/c1-12(2)14-8-5-6-9-15(14)19-17-16(20-13(3)4)10-7-11-18-17/h7,10-15H,5-6,8-9H2,1-4H3,(H,18,19). The molecular formula is C17H28N2O. The van der Waals surface area contributed by atoms with Gasteiger partial charge in [-0.05, 0) is 50.7 Å². The summed E-state index contributed by atoms with van der Waals surface area (Å²) in [7, 11) is 0. The molecule has 3 heteroatoms. The molecular weight excluding hydrogens is 248 g/mol. The molecule has 0 aromatic carbocycles. The van der Waals surface area contributed by atoms with E-state index >= 15 is 0 Å². The normalized spacial score (nSPS) is 23.1. The molecule has 1 aliphatic rings. The van der Waals surface area contributed by atoms with Crippen LogP contribution in [0.25, 0.3) is 0 Å². The Morgan fingerprint density at radius 3 is 2.65 bits per heavy atom. The molecule has 0 radical (unpaired) electrons.